The average molecular weight is 258 g/mol. The van der Waals surface area contributed by atoms with Gasteiger partial charge in [0.05, 0.1) is 5.75 Å². The molecule has 6 heteroatoms. The van der Waals surface area contributed by atoms with E-state index in [0.29, 0.717) is 10.7 Å². The summed E-state index contributed by atoms with van der Waals surface area (Å²) < 4.78 is 0. The normalized spacial score (nSPS) is 9.88. The molecule has 0 bridgehead atoms. The number of carbonyl (C=O) groups is 1. The van der Waals surface area contributed by atoms with Crippen LogP contribution < -0.4 is 11.1 Å². The summed E-state index contributed by atoms with van der Waals surface area (Å²) in [6, 6.07) is 5.29. The first-order chi connectivity index (χ1) is 7.49. The number of thioether (sulfide) groups is 1. The molecule has 16 heavy (non-hydrogen) atoms. The maximum Gasteiger partial charge on any atom is 0.234 e. The summed E-state index contributed by atoms with van der Waals surface area (Å²) >= 11 is 6.90. The van der Waals surface area contributed by atoms with Gasteiger partial charge in [0.1, 0.15) is 0 Å². The second kappa shape index (κ2) is 5.77. The molecule has 0 unspecified atom stereocenters. The first-order valence-electron chi connectivity index (χ1n) is 4.52. The molecule has 0 heterocycles. The zero-order chi connectivity index (χ0) is 12.1. The molecular weight excluding hydrogens is 246 g/mol. The number of nitrogens with one attached hydrogen (secondary N) is 2. The number of amides is 1. The zero-order valence-corrected chi connectivity index (χ0v) is 10.3. The summed E-state index contributed by atoms with van der Waals surface area (Å²) in [7, 11) is 0. The molecule has 1 aromatic carbocycles. The maximum absolute atomic E-state index is 11.4. The fourth-order valence-electron chi connectivity index (χ4n) is 1.01. The zero-order valence-electron chi connectivity index (χ0n) is 8.71. The summed E-state index contributed by atoms with van der Waals surface area (Å²) in [4.78, 5) is 11.4. The van der Waals surface area contributed by atoms with Crippen molar-refractivity contribution in [2.24, 2.45) is 5.73 Å². The van der Waals surface area contributed by atoms with E-state index in [9.17, 15) is 4.79 Å². The van der Waals surface area contributed by atoms with Crippen molar-refractivity contribution < 1.29 is 4.79 Å². The predicted octanol–water partition coefficient (Wildman–Crippen LogP) is 2.21. The van der Waals surface area contributed by atoms with Crippen LogP contribution in [0.5, 0.6) is 0 Å². The fourth-order valence-corrected chi connectivity index (χ4v) is 1.55. The smallest absolute Gasteiger partial charge is 0.234 e. The van der Waals surface area contributed by atoms with E-state index in [1.54, 1.807) is 12.1 Å². The molecule has 1 aromatic rings. The van der Waals surface area contributed by atoms with Crippen molar-refractivity contribution in [3.63, 3.8) is 0 Å². The van der Waals surface area contributed by atoms with Crippen molar-refractivity contribution in [3.8, 4) is 0 Å². The maximum atomic E-state index is 11.4. The van der Waals surface area contributed by atoms with Crippen LogP contribution >= 0.6 is 23.4 Å². The van der Waals surface area contributed by atoms with E-state index in [1.165, 1.54) is 0 Å². The number of aryl methyl sites for hydroxylation is 1. The number of halogens is 1. The second-order valence-corrected chi connectivity index (χ2v) is 4.59. The van der Waals surface area contributed by atoms with Gasteiger partial charge in [0, 0.05) is 10.7 Å². The topological polar surface area (TPSA) is 79.0 Å². The van der Waals surface area contributed by atoms with Crippen LogP contribution in [0.3, 0.4) is 0 Å². The molecule has 0 radical (unpaired) electrons. The molecule has 0 atom stereocenters. The van der Waals surface area contributed by atoms with Crippen molar-refractivity contribution >= 4 is 40.1 Å². The molecule has 0 saturated heterocycles. The monoisotopic (exact) mass is 257 g/mol. The molecule has 0 aromatic heterocycles. The van der Waals surface area contributed by atoms with Gasteiger partial charge in [-0.05, 0) is 24.6 Å². The standard InChI is InChI=1S/C10H12ClN3OS/c1-6-2-3-7(4-8(6)11)14-9(15)5-16-10(12)13/h2-4H,5H2,1H3,(H3,12,13)(H,14,15). The molecule has 0 saturated carbocycles. The molecule has 0 aliphatic rings. The van der Waals surface area contributed by atoms with Crippen LogP contribution in [-0.2, 0) is 4.79 Å². The predicted molar refractivity (Wildman–Crippen MR) is 69.2 cm³/mol. The van der Waals surface area contributed by atoms with Crippen LogP contribution in [0.2, 0.25) is 5.02 Å². The van der Waals surface area contributed by atoms with Crippen molar-refractivity contribution in [3.05, 3.63) is 28.8 Å². The first-order valence-corrected chi connectivity index (χ1v) is 5.88. The van der Waals surface area contributed by atoms with Gasteiger partial charge in [0.15, 0.2) is 5.17 Å². The Morgan fingerprint density at radius 1 is 1.62 bits per heavy atom. The van der Waals surface area contributed by atoms with Crippen molar-refractivity contribution in [1.82, 2.24) is 0 Å². The third-order valence-electron chi connectivity index (χ3n) is 1.81. The fraction of sp³-hybridized carbons (Fsp3) is 0.200. The Kier molecular flexibility index (Phi) is 4.64. The Labute approximate surface area is 103 Å². The van der Waals surface area contributed by atoms with E-state index in [1.807, 2.05) is 13.0 Å². The Balaban J connectivity index is 2.56. The first kappa shape index (κ1) is 12.9. The molecule has 4 nitrogen and oxygen atoms in total. The van der Waals surface area contributed by atoms with E-state index in [2.05, 4.69) is 5.32 Å². The molecular formula is C10H12ClN3OS. The van der Waals surface area contributed by atoms with E-state index >= 15 is 0 Å². The molecule has 0 aliphatic heterocycles. The largest absolute Gasteiger partial charge is 0.379 e. The van der Waals surface area contributed by atoms with Gasteiger partial charge in [-0.25, -0.2) is 0 Å². The third kappa shape index (κ3) is 4.12. The molecule has 86 valence electrons. The van der Waals surface area contributed by atoms with E-state index in [-0.39, 0.29) is 16.8 Å². The number of anilines is 1. The van der Waals surface area contributed by atoms with Gasteiger partial charge in [0.2, 0.25) is 5.91 Å². The number of hydrogen-bond donors (Lipinski definition) is 3. The van der Waals surface area contributed by atoms with E-state index in [0.717, 1.165) is 17.3 Å². The highest BCUT2D eigenvalue weighted by Crippen LogP contribution is 2.20. The molecule has 1 rings (SSSR count). The highest BCUT2D eigenvalue weighted by atomic mass is 35.5. The van der Waals surface area contributed by atoms with Gasteiger partial charge in [-0.3, -0.25) is 10.2 Å². The summed E-state index contributed by atoms with van der Waals surface area (Å²) in [5, 5.41) is 10.2. The van der Waals surface area contributed by atoms with Crippen LogP contribution in [0, 0.1) is 12.3 Å². The van der Waals surface area contributed by atoms with Gasteiger partial charge in [-0.1, -0.05) is 29.4 Å². The van der Waals surface area contributed by atoms with Crippen molar-refractivity contribution in [2.45, 2.75) is 6.92 Å². The lowest BCUT2D eigenvalue weighted by molar-refractivity contribution is -0.113. The highest BCUT2D eigenvalue weighted by Gasteiger charge is 2.04. The van der Waals surface area contributed by atoms with Crippen molar-refractivity contribution in [2.75, 3.05) is 11.1 Å². The molecule has 0 fully saturated rings. The Morgan fingerprint density at radius 2 is 2.31 bits per heavy atom. The van der Waals surface area contributed by atoms with Crippen LogP contribution in [-0.4, -0.2) is 16.8 Å². The molecule has 4 N–H and O–H groups in total. The minimum absolute atomic E-state index is 0.0721. The number of hydrogen-bond acceptors (Lipinski definition) is 3. The summed E-state index contributed by atoms with van der Waals surface area (Å²) in [5.74, 6) is -0.0824. The van der Waals surface area contributed by atoms with Gasteiger partial charge in [-0.2, -0.15) is 0 Å². The Hall–Kier alpha value is -1.20. The lowest BCUT2D eigenvalue weighted by atomic mass is 10.2. The summed E-state index contributed by atoms with van der Waals surface area (Å²) in [6.45, 7) is 1.89. The average Bonchev–Trinajstić information content (AvgIpc) is 2.21. The summed E-state index contributed by atoms with van der Waals surface area (Å²) in [6.07, 6.45) is 0. The number of carbonyl (C=O) groups excluding carboxylic acids is 1. The SMILES string of the molecule is Cc1ccc(NC(=O)CSC(=N)N)cc1Cl. The number of amidine groups is 1. The summed E-state index contributed by atoms with van der Waals surface area (Å²) in [5.41, 5.74) is 6.72. The van der Waals surface area contributed by atoms with Crippen LogP contribution in [0.15, 0.2) is 18.2 Å². The Morgan fingerprint density at radius 3 is 2.88 bits per heavy atom. The number of benzene rings is 1. The van der Waals surface area contributed by atoms with Crippen LogP contribution in [0.4, 0.5) is 5.69 Å². The van der Waals surface area contributed by atoms with E-state index in [4.69, 9.17) is 22.7 Å². The Bertz CT molecular complexity index is 423. The minimum Gasteiger partial charge on any atom is -0.379 e. The number of rotatable bonds is 3. The third-order valence-corrected chi connectivity index (χ3v) is 2.94. The van der Waals surface area contributed by atoms with Crippen molar-refractivity contribution in [1.29, 1.82) is 5.41 Å². The van der Waals surface area contributed by atoms with Gasteiger partial charge in [0.25, 0.3) is 0 Å². The van der Waals surface area contributed by atoms with Crippen LogP contribution in [0.25, 0.3) is 0 Å². The molecule has 0 spiro atoms. The lowest BCUT2D eigenvalue weighted by Gasteiger charge is -2.06. The lowest BCUT2D eigenvalue weighted by Crippen LogP contribution is -2.17. The van der Waals surface area contributed by atoms with Gasteiger partial charge >= 0.3 is 0 Å². The molecule has 1 amide bonds. The minimum atomic E-state index is -0.208. The number of nitrogens with two attached hydrogens (primary N) is 1. The van der Waals surface area contributed by atoms with Gasteiger partial charge < -0.3 is 11.1 Å². The quantitative estimate of drug-likeness (QED) is 0.574. The van der Waals surface area contributed by atoms with E-state index < -0.39 is 0 Å². The second-order valence-electron chi connectivity index (χ2n) is 3.17. The van der Waals surface area contributed by atoms with Gasteiger partial charge in [-0.15, -0.1) is 0 Å². The highest BCUT2D eigenvalue weighted by molar-refractivity contribution is 8.14. The molecule has 0 aliphatic carbocycles. The van der Waals surface area contributed by atoms with Crippen LogP contribution in [0.1, 0.15) is 5.56 Å².